The third kappa shape index (κ3) is 4.89. The molecule has 0 aliphatic heterocycles. The fraction of sp³-hybridized carbons (Fsp3) is 0.333. The van der Waals surface area contributed by atoms with Crippen LogP contribution in [0.1, 0.15) is 12.5 Å². The number of aryl methyl sites for hydroxylation is 1. The van der Waals surface area contributed by atoms with Crippen molar-refractivity contribution in [2.45, 2.75) is 13.8 Å². The maximum absolute atomic E-state index is 12.2. The predicted molar refractivity (Wildman–Crippen MR) is 103 cm³/mol. The minimum absolute atomic E-state index is 0.377. The molecule has 0 atom stereocenters. The van der Waals surface area contributed by atoms with E-state index in [0.717, 1.165) is 12.2 Å². The van der Waals surface area contributed by atoms with Gasteiger partial charge in [0.15, 0.2) is 0 Å². The van der Waals surface area contributed by atoms with Crippen molar-refractivity contribution in [3.8, 4) is 0 Å². The van der Waals surface area contributed by atoms with Crippen LogP contribution in [-0.4, -0.2) is 34.3 Å². The van der Waals surface area contributed by atoms with Gasteiger partial charge in [0.1, 0.15) is 0 Å². The Hall–Kier alpha value is -1.72. The van der Waals surface area contributed by atoms with Gasteiger partial charge in [0.2, 0.25) is 10.0 Å². The predicted octanol–water partition coefficient (Wildman–Crippen LogP) is 3.94. The van der Waals surface area contributed by atoms with Crippen LogP contribution in [0.4, 0.5) is 11.4 Å². The lowest BCUT2D eigenvalue weighted by Crippen LogP contribution is -2.38. The number of hydrogen-bond acceptors (Lipinski definition) is 3. The first kappa shape index (κ1) is 18.6. The van der Waals surface area contributed by atoms with Crippen molar-refractivity contribution < 1.29 is 8.42 Å². The summed E-state index contributed by atoms with van der Waals surface area (Å²) >= 11 is 5.90. The van der Waals surface area contributed by atoms with Crippen molar-refractivity contribution in [3.05, 3.63) is 59.1 Å². The van der Waals surface area contributed by atoms with E-state index in [2.05, 4.69) is 17.9 Å². The Kier molecular flexibility index (Phi) is 6.13. The second-order valence-electron chi connectivity index (χ2n) is 5.73. The van der Waals surface area contributed by atoms with E-state index in [1.165, 1.54) is 16.1 Å². The van der Waals surface area contributed by atoms with Crippen molar-refractivity contribution in [3.63, 3.8) is 0 Å². The first-order valence-electron chi connectivity index (χ1n) is 7.86. The van der Waals surface area contributed by atoms with Crippen molar-refractivity contribution >= 4 is 33.0 Å². The summed E-state index contributed by atoms with van der Waals surface area (Å²) in [5, 5.41) is 0.585. The zero-order valence-corrected chi connectivity index (χ0v) is 15.8. The van der Waals surface area contributed by atoms with E-state index in [1.54, 1.807) is 24.3 Å². The van der Waals surface area contributed by atoms with Gasteiger partial charge in [-0.05, 0) is 55.8 Å². The molecule has 4 nitrogen and oxygen atoms in total. The Balaban J connectivity index is 2.19. The molecule has 2 aromatic carbocycles. The summed E-state index contributed by atoms with van der Waals surface area (Å²) in [5.74, 6) is 0. The van der Waals surface area contributed by atoms with Crippen molar-refractivity contribution in [2.75, 3.05) is 35.1 Å². The molecule has 2 aromatic rings. The number of sulfonamides is 1. The molecule has 130 valence electrons. The van der Waals surface area contributed by atoms with E-state index < -0.39 is 10.0 Å². The van der Waals surface area contributed by atoms with Crippen LogP contribution >= 0.6 is 11.6 Å². The van der Waals surface area contributed by atoms with Crippen LogP contribution in [0.25, 0.3) is 0 Å². The van der Waals surface area contributed by atoms with Gasteiger partial charge in [-0.2, -0.15) is 0 Å². The summed E-state index contributed by atoms with van der Waals surface area (Å²) in [7, 11) is -3.36. The van der Waals surface area contributed by atoms with Gasteiger partial charge in [0.05, 0.1) is 18.5 Å². The van der Waals surface area contributed by atoms with Crippen LogP contribution in [0, 0.1) is 6.92 Å². The Bertz CT molecular complexity index is 776. The van der Waals surface area contributed by atoms with Crippen molar-refractivity contribution in [2.24, 2.45) is 0 Å². The second-order valence-corrected chi connectivity index (χ2v) is 8.07. The Morgan fingerprint density at radius 1 is 1.00 bits per heavy atom. The normalized spacial score (nSPS) is 11.3. The maximum atomic E-state index is 12.2. The molecule has 0 saturated carbocycles. The number of likely N-dealkylation sites (N-methyl/N-ethyl adjacent to an activating group) is 1. The lowest BCUT2D eigenvalue weighted by Gasteiger charge is -2.28. The zero-order chi connectivity index (χ0) is 17.7. The molecular formula is C18H23ClN2O2S. The third-order valence-corrected chi connectivity index (χ3v) is 5.28. The lowest BCUT2D eigenvalue weighted by molar-refractivity contribution is 0.596. The van der Waals surface area contributed by atoms with E-state index in [1.807, 2.05) is 25.1 Å². The number of halogens is 1. The molecule has 0 spiro atoms. The lowest BCUT2D eigenvalue weighted by atomic mass is 10.2. The Morgan fingerprint density at radius 3 is 2.21 bits per heavy atom. The van der Waals surface area contributed by atoms with Gasteiger partial charge in [-0.25, -0.2) is 8.42 Å². The standard InChI is InChI=1S/C18H23ClN2O2S/c1-4-20(18-7-5-6-15(2)14-18)12-13-21(24(3,22)23)17-10-8-16(19)9-11-17/h5-11,14H,4,12-13H2,1-3H3. The summed E-state index contributed by atoms with van der Waals surface area (Å²) in [6, 6.07) is 15.1. The quantitative estimate of drug-likeness (QED) is 0.745. The highest BCUT2D eigenvalue weighted by Gasteiger charge is 2.18. The van der Waals surface area contributed by atoms with Gasteiger partial charge < -0.3 is 4.90 Å². The van der Waals surface area contributed by atoms with E-state index in [9.17, 15) is 8.42 Å². The molecule has 0 aliphatic rings. The summed E-state index contributed by atoms with van der Waals surface area (Å²) < 4.78 is 25.8. The van der Waals surface area contributed by atoms with Gasteiger partial charge in [0, 0.05) is 23.8 Å². The fourth-order valence-electron chi connectivity index (χ4n) is 2.60. The highest BCUT2D eigenvalue weighted by Crippen LogP contribution is 2.21. The van der Waals surface area contributed by atoms with Crippen LogP contribution in [-0.2, 0) is 10.0 Å². The topological polar surface area (TPSA) is 40.6 Å². The summed E-state index contributed by atoms with van der Waals surface area (Å²) in [6.45, 7) is 5.91. The molecule has 0 unspecified atom stereocenters. The number of anilines is 2. The minimum Gasteiger partial charge on any atom is -0.370 e. The largest absolute Gasteiger partial charge is 0.370 e. The summed E-state index contributed by atoms with van der Waals surface area (Å²) in [6.07, 6.45) is 1.23. The van der Waals surface area contributed by atoms with Crippen LogP contribution in [0.5, 0.6) is 0 Å². The molecule has 6 heteroatoms. The number of nitrogens with zero attached hydrogens (tertiary/aromatic N) is 2. The minimum atomic E-state index is -3.36. The van der Waals surface area contributed by atoms with Gasteiger partial charge >= 0.3 is 0 Å². The van der Waals surface area contributed by atoms with Crippen LogP contribution in [0.3, 0.4) is 0 Å². The zero-order valence-electron chi connectivity index (χ0n) is 14.2. The summed E-state index contributed by atoms with van der Waals surface area (Å²) in [4.78, 5) is 2.17. The van der Waals surface area contributed by atoms with Crippen LogP contribution < -0.4 is 9.21 Å². The third-order valence-electron chi connectivity index (χ3n) is 3.84. The monoisotopic (exact) mass is 366 g/mol. The highest BCUT2D eigenvalue weighted by molar-refractivity contribution is 7.92. The molecule has 0 bridgehead atoms. The van der Waals surface area contributed by atoms with Gasteiger partial charge in [-0.15, -0.1) is 0 Å². The second kappa shape index (κ2) is 7.90. The molecular weight excluding hydrogens is 344 g/mol. The average molecular weight is 367 g/mol. The van der Waals surface area contributed by atoms with Crippen molar-refractivity contribution in [1.82, 2.24) is 0 Å². The van der Waals surface area contributed by atoms with Gasteiger partial charge in [-0.3, -0.25) is 4.31 Å². The van der Waals surface area contributed by atoms with Crippen LogP contribution in [0.15, 0.2) is 48.5 Å². The number of benzene rings is 2. The number of rotatable bonds is 7. The van der Waals surface area contributed by atoms with Crippen LogP contribution in [0.2, 0.25) is 5.02 Å². The molecule has 0 aromatic heterocycles. The molecule has 2 rings (SSSR count). The van der Waals surface area contributed by atoms with E-state index in [4.69, 9.17) is 11.6 Å². The SMILES string of the molecule is CCN(CCN(c1ccc(Cl)cc1)S(C)(=O)=O)c1cccc(C)c1. The van der Waals surface area contributed by atoms with E-state index in [-0.39, 0.29) is 0 Å². The van der Waals surface area contributed by atoms with E-state index in [0.29, 0.717) is 23.8 Å². The van der Waals surface area contributed by atoms with Gasteiger partial charge in [-0.1, -0.05) is 23.7 Å². The summed E-state index contributed by atoms with van der Waals surface area (Å²) in [5.41, 5.74) is 2.91. The first-order chi connectivity index (χ1) is 11.3. The van der Waals surface area contributed by atoms with E-state index >= 15 is 0 Å². The van der Waals surface area contributed by atoms with Gasteiger partial charge in [0.25, 0.3) is 0 Å². The average Bonchev–Trinajstić information content (AvgIpc) is 2.52. The van der Waals surface area contributed by atoms with Crippen molar-refractivity contribution in [1.29, 1.82) is 0 Å². The molecule has 0 radical (unpaired) electrons. The molecule has 0 saturated heterocycles. The molecule has 0 fully saturated rings. The molecule has 0 heterocycles. The number of hydrogen-bond donors (Lipinski definition) is 0. The fourth-order valence-corrected chi connectivity index (χ4v) is 3.64. The molecule has 0 aliphatic carbocycles. The first-order valence-corrected chi connectivity index (χ1v) is 10.1. The Labute approximate surface area is 149 Å². The molecule has 24 heavy (non-hydrogen) atoms. The maximum Gasteiger partial charge on any atom is 0.232 e. The smallest absolute Gasteiger partial charge is 0.232 e. The Morgan fingerprint density at radius 2 is 1.67 bits per heavy atom. The highest BCUT2D eigenvalue weighted by atomic mass is 35.5. The molecule has 0 N–H and O–H groups in total. The molecule has 0 amide bonds.